The minimum absolute atomic E-state index is 0.166. The lowest BCUT2D eigenvalue weighted by Gasteiger charge is -2.02. The van der Waals surface area contributed by atoms with Gasteiger partial charge in [0.05, 0.1) is 19.8 Å². The molecule has 0 bridgehead atoms. The highest BCUT2D eigenvalue weighted by atomic mass is 127. The monoisotopic (exact) mass is 506 g/mol. The summed E-state index contributed by atoms with van der Waals surface area (Å²) < 4.78 is 1.49. The van der Waals surface area contributed by atoms with E-state index < -0.39 is 0 Å². The summed E-state index contributed by atoms with van der Waals surface area (Å²) >= 11 is 4.10. The Hall–Kier alpha value is -1.16. The van der Waals surface area contributed by atoms with Crippen molar-refractivity contribution in [3.63, 3.8) is 0 Å². The van der Waals surface area contributed by atoms with Crippen LogP contribution < -0.4 is 5.43 Å². The number of hydrogen-bond acceptors (Lipinski definition) is 3. The normalized spacial score (nSPS) is 10.8. The molecule has 4 nitrogen and oxygen atoms in total. The standard InChI is InChI=1S/C15H12I2N2O2/c16-12-6-11(7-13(17)15(12)21)9-18-19-14(20)8-10-4-2-1-3-5-10/h1-7,9,21H,8H2,(H,19,20)/b18-9-. The zero-order valence-corrected chi connectivity index (χ0v) is 15.2. The molecule has 0 saturated heterocycles. The van der Waals surface area contributed by atoms with Crippen LogP contribution in [0.5, 0.6) is 5.75 Å². The van der Waals surface area contributed by atoms with Gasteiger partial charge < -0.3 is 5.11 Å². The average Bonchev–Trinajstić information content (AvgIpc) is 2.45. The van der Waals surface area contributed by atoms with Crippen LogP contribution in [0.4, 0.5) is 0 Å². The van der Waals surface area contributed by atoms with E-state index in [-0.39, 0.29) is 11.7 Å². The molecule has 21 heavy (non-hydrogen) atoms. The van der Waals surface area contributed by atoms with Crippen molar-refractivity contribution in [1.29, 1.82) is 0 Å². The molecule has 2 aromatic rings. The number of hydrogen-bond donors (Lipinski definition) is 2. The van der Waals surface area contributed by atoms with Gasteiger partial charge in [-0.05, 0) is 68.4 Å². The maximum absolute atomic E-state index is 11.7. The van der Waals surface area contributed by atoms with Crippen LogP contribution in [-0.4, -0.2) is 17.2 Å². The Morgan fingerprint density at radius 1 is 1.19 bits per heavy atom. The van der Waals surface area contributed by atoms with Crippen molar-refractivity contribution in [3.8, 4) is 5.75 Å². The van der Waals surface area contributed by atoms with Gasteiger partial charge in [0, 0.05) is 0 Å². The molecule has 0 aromatic heterocycles. The number of halogens is 2. The quantitative estimate of drug-likeness (QED) is 0.380. The molecule has 0 unspecified atom stereocenters. The van der Waals surface area contributed by atoms with Gasteiger partial charge >= 0.3 is 0 Å². The van der Waals surface area contributed by atoms with Gasteiger partial charge in [-0.15, -0.1) is 0 Å². The average molecular weight is 506 g/mol. The fraction of sp³-hybridized carbons (Fsp3) is 0.0667. The number of aromatic hydroxyl groups is 1. The summed E-state index contributed by atoms with van der Waals surface area (Å²) in [5.74, 6) is 0.0992. The van der Waals surface area contributed by atoms with Gasteiger partial charge in [0.15, 0.2) is 0 Å². The van der Waals surface area contributed by atoms with Crippen LogP contribution >= 0.6 is 45.2 Å². The number of nitrogens with zero attached hydrogens (tertiary/aromatic N) is 1. The second-order valence-corrected chi connectivity index (χ2v) is 6.61. The van der Waals surface area contributed by atoms with Crippen LogP contribution in [0.2, 0.25) is 0 Å². The van der Waals surface area contributed by atoms with Crippen molar-refractivity contribution in [1.82, 2.24) is 5.43 Å². The topological polar surface area (TPSA) is 61.7 Å². The molecular weight excluding hydrogens is 494 g/mol. The van der Waals surface area contributed by atoms with Crippen LogP contribution in [-0.2, 0) is 11.2 Å². The first-order valence-corrected chi connectivity index (χ1v) is 8.26. The lowest BCUT2D eigenvalue weighted by Crippen LogP contribution is -2.19. The van der Waals surface area contributed by atoms with E-state index in [0.29, 0.717) is 6.42 Å². The first-order chi connectivity index (χ1) is 10.1. The molecule has 0 fully saturated rings. The van der Waals surface area contributed by atoms with E-state index in [4.69, 9.17) is 0 Å². The Bertz CT molecular complexity index is 650. The second-order valence-electron chi connectivity index (χ2n) is 4.29. The van der Waals surface area contributed by atoms with E-state index in [2.05, 4.69) is 55.7 Å². The number of amides is 1. The van der Waals surface area contributed by atoms with E-state index in [1.54, 1.807) is 18.3 Å². The van der Waals surface area contributed by atoms with Crippen LogP contribution in [0.3, 0.4) is 0 Å². The second kappa shape index (κ2) is 7.74. The molecule has 0 heterocycles. The highest BCUT2D eigenvalue weighted by Crippen LogP contribution is 2.26. The van der Waals surface area contributed by atoms with Crippen LogP contribution in [0.25, 0.3) is 0 Å². The summed E-state index contributed by atoms with van der Waals surface area (Å²) in [6.07, 6.45) is 1.86. The van der Waals surface area contributed by atoms with Gasteiger partial charge in [-0.1, -0.05) is 30.3 Å². The minimum Gasteiger partial charge on any atom is -0.506 e. The molecule has 2 N–H and O–H groups in total. The number of hydrazone groups is 1. The molecule has 6 heteroatoms. The number of benzene rings is 2. The predicted molar refractivity (Wildman–Crippen MR) is 99.4 cm³/mol. The van der Waals surface area contributed by atoms with Crippen molar-refractivity contribution in [2.75, 3.05) is 0 Å². The molecule has 2 rings (SSSR count). The number of carbonyl (C=O) groups excluding carboxylic acids is 1. The molecule has 0 radical (unpaired) electrons. The number of nitrogens with one attached hydrogen (secondary N) is 1. The highest BCUT2D eigenvalue weighted by molar-refractivity contribution is 14.1. The van der Waals surface area contributed by atoms with Crippen molar-refractivity contribution < 1.29 is 9.90 Å². The first-order valence-electron chi connectivity index (χ1n) is 6.10. The van der Waals surface area contributed by atoms with Crippen molar-refractivity contribution in [2.24, 2.45) is 5.10 Å². The van der Waals surface area contributed by atoms with Crippen LogP contribution in [0, 0.1) is 7.14 Å². The summed E-state index contributed by atoms with van der Waals surface area (Å²) in [5.41, 5.74) is 4.26. The van der Waals surface area contributed by atoms with E-state index >= 15 is 0 Å². The fourth-order valence-electron chi connectivity index (χ4n) is 1.66. The maximum Gasteiger partial charge on any atom is 0.244 e. The van der Waals surface area contributed by atoms with Crippen molar-refractivity contribution in [3.05, 3.63) is 60.7 Å². The van der Waals surface area contributed by atoms with Crippen LogP contribution in [0.15, 0.2) is 47.6 Å². The van der Waals surface area contributed by atoms with Gasteiger partial charge in [0.1, 0.15) is 5.75 Å². The van der Waals surface area contributed by atoms with E-state index in [0.717, 1.165) is 18.3 Å². The van der Waals surface area contributed by atoms with Gasteiger partial charge in [0.2, 0.25) is 5.91 Å². The summed E-state index contributed by atoms with van der Waals surface area (Å²) in [5, 5.41) is 13.6. The zero-order chi connectivity index (χ0) is 15.2. The molecule has 0 saturated carbocycles. The molecule has 0 aliphatic rings. The molecular formula is C15H12I2N2O2. The predicted octanol–water partition coefficient (Wildman–Crippen LogP) is 3.29. The number of carbonyl (C=O) groups is 1. The Balaban J connectivity index is 1.95. The Morgan fingerprint density at radius 2 is 1.81 bits per heavy atom. The number of phenolic OH excluding ortho intramolecular Hbond substituents is 1. The maximum atomic E-state index is 11.7. The highest BCUT2D eigenvalue weighted by Gasteiger charge is 2.05. The molecule has 0 aliphatic carbocycles. The molecule has 0 atom stereocenters. The smallest absolute Gasteiger partial charge is 0.244 e. The van der Waals surface area contributed by atoms with Crippen LogP contribution in [0.1, 0.15) is 11.1 Å². The van der Waals surface area contributed by atoms with Gasteiger partial charge in [-0.25, -0.2) is 5.43 Å². The van der Waals surface area contributed by atoms with E-state index in [9.17, 15) is 9.90 Å². The van der Waals surface area contributed by atoms with Gasteiger partial charge in [-0.2, -0.15) is 5.10 Å². The lowest BCUT2D eigenvalue weighted by atomic mass is 10.1. The molecule has 0 spiro atoms. The minimum atomic E-state index is -0.166. The molecule has 1 amide bonds. The molecule has 108 valence electrons. The first kappa shape index (κ1) is 16.2. The summed E-state index contributed by atoms with van der Waals surface area (Å²) in [4.78, 5) is 11.7. The Labute approximate surface area is 149 Å². The van der Waals surface area contributed by atoms with Gasteiger partial charge in [-0.3, -0.25) is 4.79 Å². The third kappa shape index (κ3) is 4.95. The zero-order valence-electron chi connectivity index (χ0n) is 10.9. The van der Waals surface area contributed by atoms with Gasteiger partial charge in [0.25, 0.3) is 0 Å². The van der Waals surface area contributed by atoms with Crippen molar-refractivity contribution in [2.45, 2.75) is 6.42 Å². The number of phenols is 1. The summed E-state index contributed by atoms with van der Waals surface area (Å²) in [7, 11) is 0. The number of rotatable bonds is 4. The largest absolute Gasteiger partial charge is 0.506 e. The summed E-state index contributed by atoms with van der Waals surface area (Å²) in [6, 6.07) is 13.1. The fourth-order valence-corrected chi connectivity index (χ4v) is 3.48. The van der Waals surface area contributed by atoms with E-state index in [1.807, 2.05) is 30.3 Å². The Morgan fingerprint density at radius 3 is 2.43 bits per heavy atom. The summed E-state index contributed by atoms with van der Waals surface area (Å²) in [6.45, 7) is 0. The Kier molecular flexibility index (Phi) is 5.97. The molecule has 0 aliphatic heterocycles. The van der Waals surface area contributed by atoms with E-state index in [1.165, 1.54) is 0 Å². The van der Waals surface area contributed by atoms with Crippen molar-refractivity contribution >= 4 is 57.3 Å². The lowest BCUT2D eigenvalue weighted by molar-refractivity contribution is -0.120. The SMILES string of the molecule is O=C(Cc1ccccc1)N/N=C\c1cc(I)c(O)c(I)c1. The third-order valence-electron chi connectivity index (χ3n) is 2.65. The third-order valence-corrected chi connectivity index (χ3v) is 4.29. The molecule has 2 aromatic carbocycles.